The van der Waals surface area contributed by atoms with Crippen molar-refractivity contribution in [2.75, 3.05) is 11.4 Å². The molecule has 2 aliphatic carbocycles. The maximum Gasteiger partial charge on any atom is 0.123 e. The Labute approximate surface area is 108 Å². The quantitative estimate of drug-likeness (QED) is 0.617. The van der Waals surface area contributed by atoms with Crippen molar-refractivity contribution in [3.8, 4) is 0 Å². The minimum Gasteiger partial charge on any atom is -0.384 e. The molecule has 3 heteroatoms. The molecule has 1 aromatic carbocycles. The van der Waals surface area contributed by atoms with Crippen molar-refractivity contribution in [2.24, 2.45) is 11.7 Å². The van der Waals surface area contributed by atoms with Crippen molar-refractivity contribution in [1.82, 2.24) is 0 Å². The molecule has 96 valence electrons. The summed E-state index contributed by atoms with van der Waals surface area (Å²) in [5.74, 6) is 1.08. The molecule has 0 spiro atoms. The molecule has 0 heterocycles. The van der Waals surface area contributed by atoms with Gasteiger partial charge < -0.3 is 10.6 Å². The van der Waals surface area contributed by atoms with Gasteiger partial charge in [0.05, 0.1) is 0 Å². The number of nitrogens with one attached hydrogen (secondary N) is 1. The van der Waals surface area contributed by atoms with E-state index in [1.165, 1.54) is 37.9 Å². The van der Waals surface area contributed by atoms with Crippen LogP contribution in [-0.2, 0) is 0 Å². The molecule has 0 amide bonds. The summed E-state index contributed by atoms with van der Waals surface area (Å²) < 4.78 is 0. The first-order valence-electron chi connectivity index (χ1n) is 6.87. The zero-order valence-corrected chi connectivity index (χ0v) is 10.9. The van der Waals surface area contributed by atoms with Crippen LogP contribution in [-0.4, -0.2) is 18.4 Å². The lowest BCUT2D eigenvalue weighted by molar-refractivity contribution is 0.718. The molecule has 0 aliphatic heterocycles. The molecule has 2 aliphatic rings. The Hall–Kier alpha value is -1.51. The fourth-order valence-corrected chi connectivity index (χ4v) is 2.56. The van der Waals surface area contributed by atoms with Gasteiger partial charge in [-0.05, 0) is 62.3 Å². The molecular formula is C15H21N3. The third-order valence-corrected chi connectivity index (χ3v) is 3.97. The van der Waals surface area contributed by atoms with E-state index in [4.69, 9.17) is 11.1 Å². The minimum atomic E-state index is 0.166. The highest BCUT2D eigenvalue weighted by atomic mass is 15.2. The second kappa shape index (κ2) is 4.30. The van der Waals surface area contributed by atoms with Crippen LogP contribution in [0.15, 0.2) is 18.2 Å². The molecule has 18 heavy (non-hydrogen) atoms. The number of nitrogens with zero attached hydrogens (tertiary/aromatic N) is 1. The number of nitrogen functional groups attached to an aromatic ring is 1. The standard InChI is InChI=1S/C15H21N3/c1-10-8-13(6-7-14(10)15(16)17)18(12-4-5-12)9-11-2-3-11/h6-8,11-12H,2-5,9H2,1H3,(H3,16,17). The predicted molar refractivity (Wildman–Crippen MR) is 75.3 cm³/mol. The largest absolute Gasteiger partial charge is 0.384 e. The fraction of sp³-hybridized carbons (Fsp3) is 0.533. The van der Waals surface area contributed by atoms with E-state index < -0.39 is 0 Å². The van der Waals surface area contributed by atoms with Crippen LogP contribution < -0.4 is 10.6 Å². The molecule has 1 aromatic rings. The summed E-state index contributed by atoms with van der Waals surface area (Å²) in [7, 11) is 0. The van der Waals surface area contributed by atoms with E-state index in [1.807, 2.05) is 13.0 Å². The zero-order chi connectivity index (χ0) is 12.7. The molecule has 0 saturated heterocycles. The Morgan fingerprint density at radius 2 is 2.06 bits per heavy atom. The van der Waals surface area contributed by atoms with Crippen LogP contribution in [0.25, 0.3) is 0 Å². The first-order valence-corrected chi connectivity index (χ1v) is 6.87. The lowest BCUT2D eigenvalue weighted by Gasteiger charge is -2.25. The third-order valence-electron chi connectivity index (χ3n) is 3.97. The molecule has 3 N–H and O–H groups in total. The molecule has 0 radical (unpaired) electrons. The summed E-state index contributed by atoms with van der Waals surface area (Å²) in [5, 5.41) is 7.54. The number of rotatable bonds is 5. The monoisotopic (exact) mass is 243 g/mol. The second-order valence-electron chi connectivity index (χ2n) is 5.74. The normalized spacial score (nSPS) is 18.7. The van der Waals surface area contributed by atoms with Crippen molar-refractivity contribution >= 4 is 11.5 Å². The lowest BCUT2D eigenvalue weighted by atomic mass is 10.1. The van der Waals surface area contributed by atoms with E-state index in [1.54, 1.807) is 0 Å². The van der Waals surface area contributed by atoms with Gasteiger partial charge in [0.25, 0.3) is 0 Å². The summed E-state index contributed by atoms with van der Waals surface area (Å²) in [6.07, 6.45) is 5.46. The number of nitrogens with two attached hydrogens (primary N) is 1. The fourth-order valence-electron chi connectivity index (χ4n) is 2.56. The molecule has 3 rings (SSSR count). The van der Waals surface area contributed by atoms with Crippen LogP contribution in [0.5, 0.6) is 0 Å². The third kappa shape index (κ3) is 2.35. The molecule has 0 bridgehead atoms. The molecule has 2 saturated carbocycles. The molecular weight excluding hydrogens is 222 g/mol. The Bertz CT molecular complexity index is 473. The van der Waals surface area contributed by atoms with E-state index in [0.29, 0.717) is 0 Å². The zero-order valence-electron chi connectivity index (χ0n) is 10.9. The van der Waals surface area contributed by atoms with Gasteiger partial charge in [-0.2, -0.15) is 0 Å². The topological polar surface area (TPSA) is 53.1 Å². The SMILES string of the molecule is Cc1cc(N(CC2CC2)C2CC2)ccc1C(=N)N. The number of benzene rings is 1. The van der Waals surface area contributed by atoms with Gasteiger partial charge in [-0.15, -0.1) is 0 Å². The Morgan fingerprint density at radius 3 is 2.56 bits per heavy atom. The summed E-state index contributed by atoms with van der Waals surface area (Å²) in [4.78, 5) is 2.56. The van der Waals surface area contributed by atoms with Crippen molar-refractivity contribution in [2.45, 2.75) is 38.6 Å². The van der Waals surface area contributed by atoms with Gasteiger partial charge in [0.15, 0.2) is 0 Å². The maximum atomic E-state index is 7.54. The van der Waals surface area contributed by atoms with Crippen molar-refractivity contribution in [1.29, 1.82) is 5.41 Å². The van der Waals surface area contributed by atoms with Gasteiger partial charge in [0.1, 0.15) is 5.84 Å². The highest BCUT2D eigenvalue weighted by Gasteiger charge is 2.33. The molecule has 2 fully saturated rings. The summed E-state index contributed by atoms with van der Waals surface area (Å²) in [5.41, 5.74) is 8.86. The highest BCUT2D eigenvalue weighted by molar-refractivity contribution is 5.96. The lowest BCUT2D eigenvalue weighted by Crippen LogP contribution is -2.28. The van der Waals surface area contributed by atoms with Gasteiger partial charge in [-0.1, -0.05) is 0 Å². The predicted octanol–water partition coefficient (Wildman–Crippen LogP) is 2.66. The van der Waals surface area contributed by atoms with Crippen molar-refractivity contribution in [3.05, 3.63) is 29.3 Å². The van der Waals surface area contributed by atoms with Crippen LogP contribution in [0.1, 0.15) is 36.8 Å². The number of amidine groups is 1. The first kappa shape index (κ1) is 11.6. The molecule has 0 unspecified atom stereocenters. The maximum absolute atomic E-state index is 7.54. The number of aryl methyl sites for hydroxylation is 1. The first-order chi connectivity index (χ1) is 8.65. The van der Waals surface area contributed by atoms with Gasteiger partial charge in [-0.3, -0.25) is 5.41 Å². The molecule has 0 aromatic heterocycles. The van der Waals surface area contributed by atoms with Crippen LogP contribution >= 0.6 is 0 Å². The van der Waals surface area contributed by atoms with Crippen LogP contribution in [0, 0.1) is 18.3 Å². The Morgan fingerprint density at radius 1 is 1.33 bits per heavy atom. The van der Waals surface area contributed by atoms with Gasteiger partial charge in [0, 0.05) is 23.8 Å². The smallest absolute Gasteiger partial charge is 0.123 e. The van der Waals surface area contributed by atoms with Gasteiger partial charge in [0.2, 0.25) is 0 Å². The highest BCUT2D eigenvalue weighted by Crippen LogP contribution is 2.38. The van der Waals surface area contributed by atoms with E-state index in [0.717, 1.165) is 23.1 Å². The van der Waals surface area contributed by atoms with E-state index >= 15 is 0 Å². The van der Waals surface area contributed by atoms with Crippen molar-refractivity contribution in [3.63, 3.8) is 0 Å². The van der Waals surface area contributed by atoms with Gasteiger partial charge in [-0.25, -0.2) is 0 Å². The summed E-state index contributed by atoms with van der Waals surface area (Å²) in [6, 6.07) is 7.07. The minimum absolute atomic E-state index is 0.166. The number of hydrogen-bond donors (Lipinski definition) is 2. The van der Waals surface area contributed by atoms with E-state index in [2.05, 4.69) is 17.0 Å². The second-order valence-corrected chi connectivity index (χ2v) is 5.74. The van der Waals surface area contributed by atoms with Crippen LogP contribution in [0.3, 0.4) is 0 Å². The molecule has 0 atom stereocenters. The van der Waals surface area contributed by atoms with Crippen LogP contribution in [0.4, 0.5) is 5.69 Å². The van der Waals surface area contributed by atoms with Crippen molar-refractivity contribution < 1.29 is 0 Å². The van der Waals surface area contributed by atoms with Gasteiger partial charge >= 0.3 is 0 Å². The number of hydrogen-bond acceptors (Lipinski definition) is 2. The van der Waals surface area contributed by atoms with Crippen LogP contribution in [0.2, 0.25) is 0 Å². The summed E-state index contributed by atoms with van der Waals surface area (Å²) >= 11 is 0. The van der Waals surface area contributed by atoms with E-state index in [9.17, 15) is 0 Å². The van der Waals surface area contributed by atoms with E-state index in [-0.39, 0.29) is 5.84 Å². The summed E-state index contributed by atoms with van der Waals surface area (Å²) in [6.45, 7) is 3.26. The average Bonchev–Trinajstić information content (AvgIpc) is 3.18. The number of anilines is 1. The Balaban J connectivity index is 1.84. The average molecular weight is 243 g/mol. The molecule has 3 nitrogen and oxygen atoms in total. The Kier molecular flexibility index (Phi) is 2.77.